The topological polar surface area (TPSA) is 114 Å². The second-order valence-corrected chi connectivity index (χ2v) is 10.2. The smallest absolute Gasteiger partial charge is 0.329 e. The SMILES string of the molecule is CCOc1cc(C(C)N(CCOC(C)c2ccccc2)C(=O)NC2(C(=O)O)CCC2)c(Cl)c(OCC)c1C(C)=O. The highest BCUT2D eigenvalue weighted by Crippen LogP contribution is 2.43. The van der Waals surface area contributed by atoms with Gasteiger partial charge in [0.1, 0.15) is 16.9 Å². The van der Waals surface area contributed by atoms with Gasteiger partial charge < -0.3 is 29.5 Å². The molecular weight excluding hydrogens is 536 g/mol. The van der Waals surface area contributed by atoms with Crippen molar-refractivity contribution in [1.82, 2.24) is 10.2 Å². The van der Waals surface area contributed by atoms with Crippen molar-refractivity contribution in [1.29, 1.82) is 0 Å². The molecule has 1 fully saturated rings. The van der Waals surface area contributed by atoms with Gasteiger partial charge in [0.25, 0.3) is 0 Å². The Kier molecular flexibility index (Phi) is 10.8. The normalized spacial score (nSPS) is 15.3. The molecule has 10 heteroatoms. The highest BCUT2D eigenvalue weighted by Gasteiger charge is 2.47. The van der Waals surface area contributed by atoms with E-state index in [0.29, 0.717) is 37.2 Å². The second-order valence-electron chi connectivity index (χ2n) is 9.87. The van der Waals surface area contributed by atoms with E-state index in [-0.39, 0.29) is 48.0 Å². The van der Waals surface area contributed by atoms with Crippen LogP contribution in [-0.4, -0.2) is 59.7 Å². The summed E-state index contributed by atoms with van der Waals surface area (Å²) in [5.41, 5.74) is 0.432. The Labute approximate surface area is 240 Å². The van der Waals surface area contributed by atoms with E-state index in [0.717, 1.165) is 5.56 Å². The van der Waals surface area contributed by atoms with Crippen LogP contribution in [-0.2, 0) is 9.53 Å². The number of carbonyl (C=O) groups is 3. The summed E-state index contributed by atoms with van der Waals surface area (Å²) in [5, 5.41) is 12.8. The number of Topliss-reactive ketones (excluding diaryl/α,β-unsaturated/α-hetero) is 1. The minimum Gasteiger partial charge on any atom is -0.493 e. The van der Waals surface area contributed by atoms with E-state index in [4.69, 9.17) is 25.8 Å². The van der Waals surface area contributed by atoms with Crippen molar-refractivity contribution in [2.75, 3.05) is 26.4 Å². The summed E-state index contributed by atoms with van der Waals surface area (Å²) < 4.78 is 17.6. The van der Waals surface area contributed by atoms with Crippen LogP contribution in [0.1, 0.15) is 87.5 Å². The van der Waals surface area contributed by atoms with Crippen molar-refractivity contribution in [3.05, 3.63) is 58.1 Å². The Morgan fingerprint density at radius 3 is 2.27 bits per heavy atom. The summed E-state index contributed by atoms with van der Waals surface area (Å²) in [5.74, 6) is -0.825. The fourth-order valence-corrected chi connectivity index (χ4v) is 5.16. The molecule has 2 aromatic carbocycles. The Balaban J connectivity index is 1.97. The molecule has 2 unspecified atom stereocenters. The standard InChI is InChI=1S/C30H39ClN2O7/c1-6-38-24-18-23(26(31)27(39-7-2)25(24)20(4)34)19(3)33(29(37)32-30(28(35)36)14-11-15-30)16-17-40-21(5)22-12-9-8-10-13-22/h8-10,12-13,18-19,21H,6-7,11,14-17H2,1-5H3,(H,32,37)(H,35,36). The Bertz CT molecular complexity index is 1200. The number of ether oxygens (including phenoxy) is 3. The van der Waals surface area contributed by atoms with Gasteiger partial charge in [-0.15, -0.1) is 0 Å². The van der Waals surface area contributed by atoms with E-state index in [9.17, 15) is 19.5 Å². The van der Waals surface area contributed by atoms with E-state index in [1.165, 1.54) is 11.8 Å². The number of nitrogens with one attached hydrogen (secondary N) is 1. The number of benzene rings is 2. The maximum atomic E-state index is 13.7. The van der Waals surface area contributed by atoms with E-state index < -0.39 is 23.6 Å². The number of rotatable bonds is 14. The molecule has 1 saturated carbocycles. The van der Waals surface area contributed by atoms with Crippen molar-refractivity contribution in [2.45, 2.75) is 71.6 Å². The van der Waals surface area contributed by atoms with Crippen LogP contribution in [0.4, 0.5) is 4.79 Å². The van der Waals surface area contributed by atoms with Gasteiger partial charge in [0.15, 0.2) is 11.5 Å². The van der Waals surface area contributed by atoms with Crippen molar-refractivity contribution in [3.8, 4) is 11.5 Å². The number of carboxylic acids is 1. The van der Waals surface area contributed by atoms with Crippen LogP contribution >= 0.6 is 11.6 Å². The maximum Gasteiger partial charge on any atom is 0.329 e. The quantitative estimate of drug-likeness (QED) is 0.258. The third-order valence-corrected chi connectivity index (χ3v) is 7.65. The zero-order chi connectivity index (χ0) is 29.4. The molecule has 1 aliphatic carbocycles. The van der Waals surface area contributed by atoms with E-state index in [2.05, 4.69) is 5.32 Å². The van der Waals surface area contributed by atoms with Gasteiger partial charge in [-0.25, -0.2) is 9.59 Å². The van der Waals surface area contributed by atoms with E-state index in [1.54, 1.807) is 26.8 Å². The molecule has 2 aromatic rings. The number of carboxylic acid groups (broad SMARTS) is 1. The van der Waals surface area contributed by atoms with Crippen LogP contribution in [0.5, 0.6) is 11.5 Å². The summed E-state index contributed by atoms with van der Waals surface area (Å²) in [6, 6.07) is 10.2. The average molecular weight is 575 g/mol. The number of hydrogen-bond acceptors (Lipinski definition) is 6. The molecule has 0 aromatic heterocycles. The molecule has 1 aliphatic rings. The molecule has 0 saturated heterocycles. The average Bonchev–Trinajstić information content (AvgIpc) is 2.90. The van der Waals surface area contributed by atoms with Crippen molar-refractivity contribution < 1.29 is 33.7 Å². The molecule has 0 bridgehead atoms. The van der Waals surface area contributed by atoms with Gasteiger partial charge >= 0.3 is 12.0 Å². The molecule has 0 heterocycles. The molecule has 2 atom stereocenters. The summed E-state index contributed by atoms with van der Waals surface area (Å²) in [6.45, 7) is 9.62. The summed E-state index contributed by atoms with van der Waals surface area (Å²) in [6.07, 6.45) is 1.21. The monoisotopic (exact) mass is 574 g/mol. The van der Waals surface area contributed by atoms with Gasteiger partial charge in [-0.3, -0.25) is 4.79 Å². The largest absolute Gasteiger partial charge is 0.493 e. The predicted octanol–water partition coefficient (Wildman–Crippen LogP) is 6.20. The summed E-state index contributed by atoms with van der Waals surface area (Å²) >= 11 is 6.82. The lowest BCUT2D eigenvalue weighted by atomic mass is 9.77. The Morgan fingerprint density at radius 1 is 1.10 bits per heavy atom. The van der Waals surface area contributed by atoms with E-state index >= 15 is 0 Å². The van der Waals surface area contributed by atoms with Crippen LogP contribution < -0.4 is 14.8 Å². The van der Waals surface area contributed by atoms with Crippen LogP contribution in [0.15, 0.2) is 36.4 Å². The zero-order valence-electron chi connectivity index (χ0n) is 23.8. The lowest BCUT2D eigenvalue weighted by molar-refractivity contribution is -0.148. The van der Waals surface area contributed by atoms with Crippen molar-refractivity contribution in [3.63, 3.8) is 0 Å². The number of carbonyl (C=O) groups excluding carboxylic acids is 2. The molecule has 0 spiro atoms. The third-order valence-electron chi connectivity index (χ3n) is 7.26. The fourth-order valence-electron chi connectivity index (χ4n) is 4.80. The van der Waals surface area contributed by atoms with Crippen LogP contribution in [0.2, 0.25) is 5.02 Å². The number of urea groups is 1. The summed E-state index contributed by atoms with van der Waals surface area (Å²) in [4.78, 5) is 39.7. The number of aliphatic carboxylic acids is 1. The third kappa shape index (κ3) is 6.88. The van der Waals surface area contributed by atoms with Crippen LogP contribution in [0, 0.1) is 0 Å². The second kappa shape index (κ2) is 13.9. The number of nitrogens with zero attached hydrogens (tertiary/aromatic N) is 1. The molecule has 9 nitrogen and oxygen atoms in total. The lowest BCUT2D eigenvalue weighted by Crippen LogP contribution is -2.62. The highest BCUT2D eigenvalue weighted by molar-refractivity contribution is 6.33. The zero-order valence-corrected chi connectivity index (χ0v) is 24.5. The maximum absolute atomic E-state index is 13.7. The molecule has 2 N–H and O–H groups in total. The first-order valence-corrected chi connectivity index (χ1v) is 14.1. The van der Waals surface area contributed by atoms with Gasteiger partial charge in [-0.1, -0.05) is 41.9 Å². The first-order chi connectivity index (χ1) is 19.1. The minimum atomic E-state index is -1.30. The van der Waals surface area contributed by atoms with Gasteiger partial charge in [-0.2, -0.15) is 0 Å². The number of hydrogen-bond donors (Lipinski definition) is 2. The molecule has 0 radical (unpaired) electrons. The fraction of sp³-hybridized carbons (Fsp3) is 0.500. The molecular formula is C30H39ClN2O7. The molecule has 40 heavy (non-hydrogen) atoms. The Hall–Kier alpha value is -3.30. The van der Waals surface area contributed by atoms with E-state index in [1.807, 2.05) is 37.3 Å². The minimum absolute atomic E-state index is 0.151. The number of amides is 2. The first-order valence-electron chi connectivity index (χ1n) is 13.7. The lowest BCUT2D eigenvalue weighted by Gasteiger charge is -2.41. The molecule has 0 aliphatic heterocycles. The van der Waals surface area contributed by atoms with Gasteiger partial charge in [0.05, 0.1) is 37.0 Å². The number of ketones is 1. The van der Waals surface area contributed by atoms with Crippen molar-refractivity contribution >= 4 is 29.4 Å². The molecule has 3 rings (SSSR count). The predicted molar refractivity (Wildman–Crippen MR) is 152 cm³/mol. The highest BCUT2D eigenvalue weighted by atomic mass is 35.5. The summed E-state index contributed by atoms with van der Waals surface area (Å²) in [7, 11) is 0. The number of halogens is 1. The Morgan fingerprint density at radius 2 is 1.75 bits per heavy atom. The van der Waals surface area contributed by atoms with Crippen LogP contribution in [0.3, 0.4) is 0 Å². The van der Waals surface area contributed by atoms with Crippen molar-refractivity contribution in [2.24, 2.45) is 0 Å². The first kappa shape index (κ1) is 31.2. The molecule has 218 valence electrons. The van der Waals surface area contributed by atoms with Gasteiger partial charge in [0.2, 0.25) is 0 Å². The van der Waals surface area contributed by atoms with Gasteiger partial charge in [-0.05, 0) is 65.5 Å². The molecule has 2 amide bonds. The van der Waals surface area contributed by atoms with Gasteiger partial charge in [0, 0.05) is 12.1 Å². The van der Waals surface area contributed by atoms with Crippen LogP contribution in [0.25, 0.3) is 0 Å².